The van der Waals surface area contributed by atoms with Gasteiger partial charge in [-0.15, -0.1) is 0 Å². The van der Waals surface area contributed by atoms with Crippen LogP contribution in [0.1, 0.15) is 33.4 Å². The monoisotopic (exact) mass is 372 g/mol. The third kappa shape index (κ3) is 4.58. The summed E-state index contributed by atoms with van der Waals surface area (Å²) in [4.78, 5) is 0. The maximum atomic E-state index is 13.6. The van der Waals surface area contributed by atoms with Crippen LogP contribution in [-0.4, -0.2) is 7.11 Å². The lowest BCUT2D eigenvalue weighted by Crippen LogP contribution is -1.90. The van der Waals surface area contributed by atoms with E-state index in [9.17, 15) is 8.78 Å². The van der Waals surface area contributed by atoms with E-state index in [0.717, 1.165) is 28.0 Å². The van der Waals surface area contributed by atoms with Crippen LogP contribution < -0.4 is 4.74 Å². The summed E-state index contributed by atoms with van der Waals surface area (Å²) >= 11 is 0. The van der Waals surface area contributed by atoms with Gasteiger partial charge in [0.05, 0.1) is 7.11 Å². The van der Waals surface area contributed by atoms with Crippen molar-refractivity contribution in [3.8, 4) is 29.4 Å². The quantitative estimate of drug-likeness (QED) is 0.521. The first-order valence-electron chi connectivity index (χ1n) is 8.70. The number of benzene rings is 3. The molecule has 0 aliphatic carbocycles. The highest BCUT2D eigenvalue weighted by atomic mass is 19.1. The molecule has 0 aromatic heterocycles. The molecule has 28 heavy (non-hydrogen) atoms. The van der Waals surface area contributed by atoms with Gasteiger partial charge in [0.2, 0.25) is 0 Å². The van der Waals surface area contributed by atoms with Gasteiger partial charge in [-0.05, 0) is 67.9 Å². The molecule has 0 fully saturated rings. The Labute approximate surface area is 164 Å². The number of aryl methyl sites for hydroxylation is 1. The summed E-state index contributed by atoms with van der Waals surface area (Å²) in [6.45, 7) is 3.38. The van der Waals surface area contributed by atoms with E-state index >= 15 is 0 Å². The number of ether oxygens (including phenoxy) is 1. The summed E-state index contributed by atoms with van der Waals surface area (Å²) in [5.41, 5.74) is 3.82. The minimum atomic E-state index is -0.595. The maximum absolute atomic E-state index is 13.6. The zero-order valence-electron chi connectivity index (χ0n) is 15.9. The zero-order chi connectivity index (χ0) is 20.1. The van der Waals surface area contributed by atoms with Crippen LogP contribution in [0.5, 0.6) is 5.75 Å². The fourth-order valence-electron chi connectivity index (χ4n) is 2.54. The van der Waals surface area contributed by atoms with E-state index in [1.807, 2.05) is 49.4 Å². The Morgan fingerprint density at radius 1 is 0.643 bits per heavy atom. The molecular formula is C25H18F2O. The van der Waals surface area contributed by atoms with Crippen LogP contribution in [0.3, 0.4) is 0 Å². The Morgan fingerprint density at radius 2 is 1.11 bits per heavy atom. The lowest BCUT2D eigenvalue weighted by atomic mass is 10.1. The molecule has 1 nitrogen and oxygen atoms in total. The van der Waals surface area contributed by atoms with Gasteiger partial charge in [0, 0.05) is 27.8 Å². The summed E-state index contributed by atoms with van der Waals surface area (Å²) in [6, 6.07) is 15.7. The predicted molar refractivity (Wildman–Crippen MR) is 107 cm³/mol. The summed E-state index contributed by atoms with van der Waals surface area (Å²) in [5, 5.41) is 0. The molecule has 0 spiro atoms. The van der Waals surface area contributed by atoms with Crippen molar-refractivity contribution in [2.45, 2.75) is 13.8 Å². The first-order chi connectivity index (χ1) is 13.5. The van der Waals surface area contributed by atoms with Crippen molar-refractivity contribution in [2.24, 2.45) is 0 Å². The van der Waals surface area contributed by atoms with E-state index in [4.69, 9.17) is 4.74 Å². The molecule has 0 N–H and O–H groups in total. The van der Waals surface area contributed by atoms with Crippen molar-refractivity contribution in [3.05, 3.63) is 99.6 Å². The second-order valence-corrected chi connectivity index (χ2v) is 6.33. The fraction of sp³-hybridized carbons (Fsp3) is 0.120. The van der Waals surface area contributed by atoms with Crippen molar-refractivity contribution in [2.75, 3.05) is 7.11 Å². The summed E-state index contributed by atoms with van der Waals surface area (Å²) in [5.74, 6) is 11.5. The maximum Gasteiger partial charge on any atom is 0.130 e. The standard InChI is InChI=1S/C25H18F2O/c1-17-4-5-21(16-25(17)28-3)12-10-19-6-8-20(9-7-19)11-13-22-14-23(26)18(2)24(27)15-22/h4-9,14-16H,1-3H3. The molecule has 0 saturated carbocycles. The molecule has 0 radical (unpaired) electrons. The minimum absolute atomic E-state index is 0.000302. The second kappa shape index (κ2) is 8.42. The lowest BCUT2D eigenvalue weighted by molar-refractivity contribution is 0.411. The van der Waals surface area contributed by atoms with E-state index in [2.05, 4.69) is 23.7 Å². The number of halogens is 2. The fourth-order valence-corrected chi connectivity index (χ4v) is 2.54. The average Bonchev–Trinajstić information content (AvgIpc) is 2.70. The normalized spacial score (nSPS) is 9.75. The number of methoxy groups -OCH3 is 1. The van der Waals surface area contributed by atoms with E-state index in [1.165, 1.54) is 19.1 Å². The Hall–Kier alpha value is -3.56. The van der Waals surface area contributed by atoms with Gasteiger partial charge in [-0.25, -0.2) is 8.78 Å². The van der Waals surface area contributed by atoms with Crippen molar-refractivity contribution in [1.29, 1.82) is 0 Å². The van der Waals surface area contributed by atoms with E-state index in [1.54, 1.807) is 7.11 Å². The van der Waals surface area contributed by atoms with Crippen LogP contribution in [0, 0.1) is 49.2 Å². The van der Waals surface area contributed by atoms with E-state index in [-0.39, 0.29) is 5.56 Å². The molecular weight excluding hydrogens is 354 g/mol. The largest absolute Gasteiger partial charge is 0.496 e. The molecule has 3 rings (SSSR count). The Kier molecular flexibility index (Phi) is 5.78. The van der Waals surface area contributed by atoms with Gasteiger partial charge in [0.15, 0.2) is 0 Å². The highest BCUT2D eigenvalue weighted by Crippen LogP contribution is 2.18. The first-order valence-corrected chi connectivity index (χ1v) is 8.70. The molecule has 0 amide bonds. The number of hydrogen-bond donors (Lipinski definition) is 0. The van der Waals surface area contributed by atoms with Gasteiger partial charge in [-0.3, -0.25) is 0 Å². The SMILES string of the molecule is COc1cc(C#Cc2ccc(C#Cc3cc(F)c(C)c(F)c3)cc2)ccc1C. The van der Waals surface area contributed by atoms with Crippen molar-refractivity contribution in [3.63, 3.8) is 0 Å². The third-order valence-corrected chi connectivity index (χ3v) is 4.28. The molecule has 3 aromatic rings. The second-order valence-electron chi connectivity index (χ2n) is 6.33. The van der Waals surface area contributed by atoms with Gasteiger partial charge in [-0.2, -0.15) is 0 Å². The van der Waals surface area contributed by atoms with Crippen LogP contribution in [0.4, 0.5) is 8.78 Å². The summed E-state index contributed by atoms with van der Waals surface area (Å²) < 4.78 is 32.5. The van der Waals surface area contributed by atoms with Gasteiger partial charge in [0.1, 0.15) is 17.4 Å². The molecule has 0 unspecified atom stereocenters. The highest BCUT2D eigenvalue weighted by Gasteiger charge is 2.05. The highest BCUT2D eigenvalue weighted by molar-refractivity contribution is 5.50. The van der Waals surface area contributed by atoms with Crippen LogP contribution in [-0.2, 0) is 0 Å². The molecule has 0 heterocycles. The first kappa shape index (κ1) is 19.2. The third-order valence-electron chi connectivity index (χ3n) is 4.28. The molecule has 3 aromatic carbocycles. The molecule has 0 saturated heterocycles. The molecule has 3 heteroatoms. The molecule has 0 aliphatic rings. The van der Waals surface area contributed by atoms with Crippen molar-refractivity contribution >= 4 is 0 Å². The van der Waals surface area contributed by atoms with Gasteiger partial charge >= 0.3 is 0 Å². The summed E-state index contributed by atoms with van der Waals surface area (Å²) in [6.07, 6.45) is 0. The molecule has 0 bridgehead atoms. The lowest BCUT2D eigenvalue weighted by Gasteiger charge is -2.03. The Bertz CT molecular complexity index is 1110. The van der Waals surface area contributed by atoms with Crippen LogP contribution in [0.15, 0.2) is 54.6 Å². The number of hydrogen-bond acceptors (Lipinski definition) is 1. The molecule has 0 atom stereocenters. The van der Waals surface area contributed by atoms with E-state index in [0.29, 0.717) is 5.56 Å². The number of rotatable bonds is 1. The topological polar surface area (TPSA) is 9.23 Å². The zero-order valence-corrected chi connectivity index (χ0v) is 15.9. The molecule has 138 valence electrons. The average molecular weight is 372 g/mol. The Morgan fingerprint density at radius 3 is 1.64 bits per heavy atom. The van der Waals surface area contributed by atoms with Gasteiger partial charge in [-0.1, -0.05) is 29.7 Å². The van der Waals surface area contributed by atoms with Crippen molar-refractivity contribution in [1.82, 2.24) is 0 Å². The van der Waals surface area contributed by atoms with Crippen LogP contribution >= 0.6 is 0 Å². The van der Waals surface area contributed by atoms with Crippen LogP contribution in [0.2, 0.25) is 0 Å². The van der Waals surface area contributed by atoms with Gasteiger partial charge in [0.25, 0.3) is 0 Å². The van der Waals surface area contributed by atoms with Crippen LogP contribution in [0.25, 0.3) is 0 Å². The summed E-state index contributed by atoms with van der Waals surface area (Å²) in [7, 11) is 1.64. The van der Waals surface area contributed by atoms with Crippen molar-refractivity contribution < 1.29 is 13.5 Å². The smallest absolute Gasteiger partial charge is 0.130 e. The van der Waals surface area contributed by atoms with E-state index < -0.39 is 11.6 Å². The minimum Gasteiger partial charge on any atom is -0.496 e. The molecule has 0 aliphatic heterocycles. The van der Waals surface area contributed by atoms with Gasteiger partial charge < -0.3 is 4.74 Å². The predicted octanol–water partition coefficient (Wildman–Crippen LogP) is 5.39. The Balaban J connectivity index is 1.77.